The predicted molar refractivity (Wildman–Crippen MR) is 71.9 cm³/mol. The van der Waals surface area contributed by atoms with Crippen LogP contribution >= 0.6 is 0 Å². The zero-order valence-corrected chi connectivity index (χ0v) is 12.4. The minimum Gasteiger partial charge on any atom is -0.478 e. The Hall–Kier alpha value is -1.93. The van der Waals surface area contributed by atoms with E-state index in [4.69, 9.17) is 5.11 Å². The van der Waals surface area contributed by atoms with Crippen LogP contribution < -0.4 is 4.90 Å². The van der Waals surface area contributed by atoms with Crippen molar-refractivity contribution in [3.63, 3.8) is 0 Å². The third kappa shape index (κ3) is 3.37. The molecule has 2 rings (SSSR count). The molecule has 0 spiro atoms. The number of aryl methyl sites for hydroxylation is 1. The summed E-state index contributed by atoms with van der Waals surface area (Å²) in [5.41, 5.74) is -2.17. The Labute approximate surface area is 128 Å². The molecule has 1 atom stereocenters. The Kier molecular flexibility index (Phi) is 4.25. The zero-order chi connectivity index (χ0) is 17.6. The second-order valence-corrected chi connectivity index (χ2v) is 5.65. The van der Waals surface area contributed by atoms with Gasteiger partial charge in [0.1, 0.15) is 11.4 Å². The smallest absolute Gasteiger partial charge is 0.418 e. The number of halogens is 5. The minimum atomic E-state index is -4.73. The number of alkyl halides is 5. The highest BCUT2D eigenvalue weighted by atomic mass is 19.4. The third-order valence-electron chi connectivity index (χ3n) is 3.96. The molecule has 1 aliphatic heterocycles. The van der Waals surface area contributed by atoms with Gasteiger partial charge in [-0.3, -0.25) is 0 Å². The van der Waals surface area contributed by atoms with Crippen LogP contribution in [0, 0.1) is 12.8 Å². The second-order valence-electron chi connectivity index (χ2n) is 5.65. The molecule has 1 aromatic rings. The van der Waals surface area contributed by atoms with Gasteiger partial charge in [0, 0.05) is 25.4 Å². The lowest BCUT2D eigenvalue weighted by atomic mass is 9.95. The highest BCUT2D eigenvalue weighted by molar-refractivity contribution is 5.93. The molecule has 0 amide bonds. The van der Waals surface area contributed by atoms with Crippen LogP contribution in [-0.4, -0.2) is 35.1 Å². The monoisotopic (exact) mass is 338 g/mol. The van der Waals surface area contributed by atoms with E-state index in [2.05, 4.69) is 4.98 Å². The Bertz CT molecular complexity index is 630. The highest BCUT2D eigenvalue weighted by Crippen LogP contribution is 2.38. The van der Waals surface area contributed by atoms with Crippen molar-refractivity contribution >= 4 is 11.8 Å². The molecule has 0 radical (unpaired) electrons. The molecule has 1 saturated heterocycles. The van der Waals surface area contributed by atoms with Crippen molar-refractivity contribution in [2.75, 3.05) is 18.0 Å². The molecular weight excluding hydrogens is 323 g/mol. The summed E-state index contributed by atoms with van der Waals surface area (Å²) in [6.07, 6.45) is -5.24. The van der Waals surface area contributed by atoms with Crippen molar-refractivity contribution in [3.05, 3.63) is 22.9 Å². The summed E-state index contributed by atoms with van der Waals surface area (Å²) in [7, 11) is 0. The first-order valence-corrected chi connectivity index (χ1v) is 6.88. The standard InChI is InChI=1S/C14H15F5N2O2/c1-7-6-21(4-3-13(7,15)16)11-9(12(22)23)5-10(8(2)20-11)14(17,18)19/h5,7H,3-4,6H2,1-2H3,(H,22,23). The van der Waals surface area contributed by atoms with Crippen LogP contribution in [0.5, 0.6) is 0 Å². The van der Waals surface area contributed by atoms with Crippen molar-refractivity contribution in [2.45, 2.75) is 32.4 Å². The Morgan fingerprint density at radius 3 is 2.52 bits per heavy atom. The Balaban J connectivity index is 2.47. The molecule has 1 aliphatic rings. The number of anilines is 1. The van der Waals surface area contributed by atoms with Crippen LogP contribution in [0.1, 0.15) is 35.0 Å². The predicted octanol–water partition coefficient (Wildman–Crippen LogP) is 3.59. The summed E-state index contributed by atoms with van der Waals surface area (Å²) in [6.45, 7) is 2.07. The first kappa shape index (κ1) is 17.4. The summed E-state index contributed by atoms with van der Waals surface area (Å²) >= 11 is 0. The number of aromatic nitrogens is 1. The third-order valence-corrected chi connectivity index (χ3v) is 3.96. The molecule has 0 saturated carbocycles. The van der Waals surface area contributed by atoms with Gasteiger partial charge in [-0.15, -0.1) is 0 Å². The van der Waals surface area contributed by atoms with Gasteiger partial charge in [-0.2, -0.15) is 13.2 Å². The van der Waals surface area contributed by atoms with Gasteiger partial charge in [0.2, 0.25) is 0 Å². The molecule has 1 N–H and O–H groups in total. The molecule has 1 unspecified atom stereocenters. The van der Waals surface area contributed by atoms with Crippen LogP contribution in [0.4, 0.5) is 27.8 Å². The lowest BCUT2D eigenvalue weighted by molar-refractivity contribution is -0.138. The van der Waals surface area contributed by atoms with E-state index in [-0.39, 0.29) is 24.6 Å². The molecule has 4 nitrogen and oxygen atoms in total. The van der Waals surface area contributed by atoms with Gasteiger partial charge in [0.15, 0.2) is 0 Å². The van der Waals surface area contributed by atoms with Gasteiger partial charge in [-0.1, -0.05) is 6.92 Å². The Morgan fingerprint density at radius 2 is 2.04 bits per heavy atom. The molecule has 128 valence electrons. The maximum atomic E-state index is 13.5. The van der Waals surface area contributed by atoms with Gasteiger partial charge in [0.05, 0.1) is 11.3 Å². The number of rotatable bonds is 2. The van der Waals surface area contributed by atoms with Crippen LogP contribution in [-0.2, 0) is 6.18 Å². The molecule has 0 aromatic carbocycles. The van der Waals surface area contributed by atoms with Crippen LogP contribution in [0.25, 0.3) is 0 Å². The van der Waals surface area contributed by atoms with Crippen molar-refractivity contribution < 1.29 is 31.9 Å². The number of hydrogen-bond acceptors (Lipinski definition) is 3. The normalized spacial score (nSPS) is 21.3. The van der Waals surface area contributed by atoms with Crippen LogP contribution in [0.15, 0.2) is 6.07 Å². The van der Waals surface area contributed by atoms with E-state index in [0.717, 1.165) is 6.92 Å². The summed E-state index contributed by atoms with van der Waals surface area (Å²) in [4.78, 5) is 16.3. The zero-order valence-electron chi connectivity index (χ0n) is 12.4. The van der Waals surface area contributed by atoms with Gasteiger partial charge in [-0.25, -0.2) is 18.6 Å². The number of nitrogens with zero attached hydrogens (tertiary/aromatic N) is 2. The Morgan fingerprint density at radius 1 is 1.43 bits per heavy atom. The molecule has 2 heterocycles. The minimum absolute atomic E-state index is 0.171. The highest BCUT2D eigenvalue weighted by Gasteiger charge is 2.43. The van der Waals surface area contributed by atoms with Crippen LogP contribution in [0.2, 0.25) is 0 Å². The summed E-state index contributed by atoms with van der Waals surface area (Å²) in [5, 5.41) is 9.16. The number of piperidine rings is 1. The number of pyridine rings is 1. The van der Waals surface area contributed by atoms with Crippen molar-refractivity contribution in [1.82, 2.24) is 4.98 Å². The van der Waals surface area contributed by atoms with E-state index >= 15 is 0 Å². The molecule has 0 bridgehead atoms. The van der Waals surface area contributed by atoms with Crippen molar-refractivity contribution in [1.29, 1.82) is 0 Å². The number of aromatic carboxylic acids is 1. The van der Waals surface area contributed by atoms with E-state index in [1.807, 2.05) is 0 Å². The van der Waals surface area contributed by atoms with Gasteiger partial charge >= 0.3 is 12.1 Å². The van der Waals surface area contributed by atoms with Crippen molar-refractivity contribution in [2.24, 2.45) is 5.92 Å². The summed E-state index contributed by atoms with van der Waals surface area (Å²) in [5.74, 6) is -5.73. The fourth-order valence-corrected chi connectivity index (χ4v) is 2.56. The fraction of sp³-hybridized carbons (Fsp3) is 0.571. The lowest BCUT2D eigenvalue weighted by Gasteiger charge is -2.38. The topological polar surface area (TPSA) is 53.4 Å². The molecule has 1 fully saturated rings. The summed E-state index contributed by atoms with van der Waals surface area (Å²) < 4.78 is 65.7. The molecular formula is C14H15F5N2O2. The number of carboxylic acid groups (broad SMARTS) is 1. The molecule has 0 aliphatic carbocycles. The van der Waals surface area contributed by atoms with E-state index in [1.165, 1.54) is 11.8 Å². The van der Waals surface area contributed by atoms with Gasteiger partial charge in [-0.05, 0) is 13.0 Å². The largest absolute Gasteiger partial charge is 0.478 e. The summed E-state index contributed by atoms with van der Waals surface area (Å²) in [6, 6.07) is 0.511. The number of carboxylic acids is 1. The molecule has 23 heavy (non-hydrogen) atoms. The fourth-order valence-electron chi connectivity index (χ4n) is 2.56. The first-order chi connectivity index (χ1) is 10.4. The number of hydrogen-bond donors (Lipinski definition) is 1. The lowest BCUT2D eigenvalue weighted by Crippen LogP contribution is -2.46. The maximum absolute atomic E-state index is 13.5. The first-order valence-electron chi connectivity index (χ1n) is 6.88. The number of carbonyl (C=O) groups is 1. The molecule has 1 aromatic heterocycles. The maximum Gasteiger partial charge on any atom is 0.418 e. The van der Waals surface area contributed by atoms with E-state index in [0.29, 0.717) is 6.07 Å². The van der Waals surface area contributed by atoms with E-state index < -0.39 is 41.5 Å². The average molecular weight is 338 g/mol. The van der Waals surface area contributed by atoms with Crippen molar-refractivity contribution in [3.8, 4) is 0 Å². The van der Waals surface area contributed by atoms with E-state index in [1.54, 1.807) is 0 Å². The van der Waals surface area contributed by atoms with Crippen LogP contribution in [0.3, 0.4) is 0 Å². The second kappa shape index (κ2) is 5.61. The quantitative estimate of drug-likeness (QED) is 0.838. The molecule has 9 heteroatoms. The SMILES string of the molecule is Cc1nc(N2CCC(F)(F)C(C)C2)c(C(=O)O)cc1C(F)(F)F. The van der Waals surface area contributed by atoms with Gasteiger partial charge < -0.3 is 10.0 Å². The van der Waals surface area contributed by atoms with E-state index in [9.17, 15) is 26.7 Å². The average Bonchev–Trinajstić information content (AvgIpc) is 2.39. The van der Waals surface area contributed by atoms with Gasteiger partial charge in [0.25, 0.3) is 5.92 Å².